The van der Waals surface area contributed by atoms with Crippen LogP contribution in [0.5, 0.6) is 0 Å². The smallest absolute Gasteiger partial charge is 0.408 e. The van der Waals surface area contributed by atoms with Crippen molar-refractivity contribution in [2.75, 3.05) is 78.2 Å². The molecule has 0 aromatic carbocycles. The van der Waals surface area contributed by atoms with Crippen molar-refractivity contribution in [3.63, 3.8) is 0 Å². The summed E-state index contributed by atoms with van der Waals surface area (Å²) in [4.78, 5) is 60.0. The molecule has 0 aromatic heterocycles. The van der Waals surface area contributed by atoms with Crippen LogP contribution in [0.3, 0.4) is 0 Å². The molecule has 2 atom stereocenters. The Balaban J connectivity index is 3.85. The molecule has 0 aliphatic carbocycles. The lowest BCUT2D eigenvalue weighted by Gasteiger charge is -2.26. The quantitative estimate of drug-likeness (QED) is 0.0443. The molecule has 0 fully saturated rings. The van der Waals surface area contributed by atoms with Crippen LogP contribution in [-0.2, 0) is 42.9 Å². The van der Waals surface area contributed by atoms with Crippen LogP contribution >= 0.6 is 12.6 Å². The van der Waals surface area contributed by atoms with Crippen molar-refractivity contribution < 1.29 is 52.8 Å². The van der Waals surface area contributed by atoms with Gasteiger partial charge in [-0.2, -0.15) is 12.6 Å². The molecule has 4 amide bonds. The summed E-state index contributed by atoms with van der Waals surface area (Å²) in [6, 6.07) is -1.74. The maximum atomic E-state index is 12.5. The van der Waals surface area contributed by atoms with E-state index in [1.807, 2.05) is 13.8 Å². The Labute approximate surface area is 296 Å². The van der Waals surface area contributed by atoms with Crippen LogP contribution in [0.25, 0.3) is 0 Å². The van der Waals surface area contributed by atoms with Crippen LogP contribution < -0.4 is 26.6 Å². The Morgan fingerprint density at radius 2 is 1.27 bits per heavy atom. The lowest BCUT2D eigenvalue weighted by molar-refractivity contribution is -0.142. The summed E-state index contributed by atoms with van der Waals surface area (Å²) in [5.74, 6) is -2.11. The summed E-state index contributed by atoms with van der Waals surface area (Å²) in [7, 11) is 0. The highest BCUT2D eigenvalue weighted by molar-refractivity contribution is 7.80. The highest BCUT2D eigenvalue weighted by atomic mass is 32.1. The first-order chi connectivity index (χ1) is 23.0. The zero-order chi connectivity index (χ0) is 37.3. The van der Waals surface area contributed by atoms with Gasteiger partial charge in [-0.15, -0.1) is 0 Å². The second-order valence-corrected chi connectivity index (χ2v) is 13.6. The van der Waals surface area contributed by atoms with E-state index in [1.54, 1.807) is 13.8 Å². The predicted molar refractivity (Wildman–Crippen MR) is 187 cm³/mol. The van der Waals surface area contributed by atoms with Gasteiger partial charge in [-0.25, -0.2) is 9.59 Å². The molecule has 0 spiro atoms. The van der Waals surface area contributed by atoms with Gasteiger partial charge in [0.15, 0.2) is 0 Å². The van der Waals surface area contributed by atoms with Crippen LogP contribution in [0.4, 0.5) is 4.79 Å². The van der Waals surface area contributed by atoms with Crippen molar-refractivity contribution >= 4 is 42.4 Å². The molecule has 6 N–H and O–H groups in total. The Morgan fingerprint density at radius 3 is 1.80 bits per heavy atom. The molecule has 16 nitrogen and oxygen atoms in total. The molecule has 49 heavy (non-hydrogen) atoms. The summed E-state index contributed by atoms with van der Waals surface area (Å²) in [6.07, 6.45) is 1.10. The van der Waals surface area contributed by atoms with Crippen LogP contribution in [0.15, 0.2) is 0 Å². The molecule has 0 heterocycles. The van der Waals surface area contributed by atoms with Gasteiger partial charge < -0.3 is 55.4 Å². The van der Waals surface area contributed by atoms with Gasteiger partial charge in [0.2, 0.25) is 17.7 Å². The highest BCUT2D eigenvalue weighted by Crippen LogP contribution is 2.12. The Kier molecular flexibility index (Phi) is 24.7. The molecule has 2 unspecified atom stereocenters. The van der Waals surface area contributed by atoms with Crippen molar-refractivity contribution in [3.05, 3.63) is 0 Å². The normalized spacial score (nSPS) is 13.0. The zero-order valence-electron chi connectivity index (χ0n) is 30.3. The summed E-state index contributed by atoms with van der Waals surface area (Å²) < 4.78 is 26.6. The van der Waals surface area contributed by atoms with Gasteiger partial charge in [-0.3, -0.25) is 14.4 Å². The fourth-order valence-corrected chi connectivity index (χ4v) is 3.91. The average Bonchev–Trinajstić information content (AvgIpc) is 3.00. The zero-order valence-corrected chi connectivity index (χ0v) is 31.2. The van der Waals surface area contributed by atoms with Gasteiger partial charge in [0.25, 0.3) is 0 Å². The highest BCUT2D eigenvalue weighted by Gasteiger charge is 2.28. The van der Waals surface area contributed by atoms with Gasteiger partial charge in [0, 0.05) is 24.4 Å². The number of carbonyl (C=O) groups excluding carboxylic acids is 4. The number of amides is 4. The van der Waals surface area contributed by atoms with Crippen LogP contribution in [-0.4, -0.2) is 136 Å². The summed E-state index contributed by atoms with van der Waals surface area (Å²) in [5, 5.41) is 23.1. The first-order valence-corrected chi connectivity index (χ1v) is 17.3. The Hall–Kier alpha value is -2.70. The molecule has 0 saturated carbocycles. The fourth-order valence-electron chi connectivity index (χ4n) is 3.84. The number of nitrogens with one attached hydrogen (secondary N) is 5. The van der Waals surface area contributed by atoms with Crippen molar-refractivity contribution in [1.29, 1.82) is 0 Å². The number of hydrogen-bond acceptors (Lipinski definition) is 12. The number of carboxylic acids is 1. The van der Waals surface area contributed by atoms with E-state index < -0.39 is 35.7 Å². The number of rotatable bonds is 28. The van der Waals surface area contributed by atoms with Gasteiger partial charge in [-0.05, 0) is 66.3 Å². The van der Waals surface area contributed by atoms with E-state index in [0.717, 1.165) is 13.0 Å². The van der Waals surface area contributed by atoms with Gasteiger partial charge in [-0.1, -0.05) is 13.8 Å². The lowest BCUT2D eigenvalue weighted by Crippen LogP contribution is -2.51. The molecule has 17 heteroatoms. The number of ether oxygens (including phenoxy) is 5. The fraction of sp³-hybridized carbons (Fsp3) is 0.844. The van der Waals surface area contributed by atoms with Crippen molar-refractivity contribution in [2.24, 2.45) is 5.92 Å². The predicted octanol–water partition coefficient (Wildman–Crippen LogP) is 0.872. The number of hydrogen-bond donors (Lipinski definition) is 7. The monoisotopic (exact) mass is 723 g/mol. The van der Waals surface area contributed by atoms with E-state index in [2.05, 4.69) is 60.0 Å². The number of carbonyl (C=O) groups is 5. The summed E-state index contributed by atoms with van der Waals surface area (Å²) in [6.45, 7) is 15.2. The summed E-state index contributed by atoms with van der Waals surface area (Å²) in [5.41, 5.74) is -0.768. The molecule has 0 aliphatic rings. The molecular weight excluding hydrogens is 662 g/mol. The third-order valence-electron chi connectivity index (χ3n) is 6.51. The number of unbranched alkanes of at least 4 members (excludes halogenated alkanes) is 1. The minimum atomic E-state index is -1.08. The van der Waals surface area contributed by atoms with E-state index in [1.165, 1.54) is 0 Å². The number of alkyl carbamates (subject to hydrolysis) is 1. The Morgan fingerprint density at radius 1 is 0.714 bits per heavy atom. The van der Waals surface area contributed by atoms with E-state index >= 15 is 0 Å². The van der Waals surface area contributed by atoms with E-state index in [4.69, 9.17) is 23.7 Å². The second-order valence-electron chi connectivity index (χ2n) is 13.3. The first-order valence-electron chi connectivity index (χ1n) is 16.7. The van der Waals surface area contributed by atoms with E-state index in [0.29, 0.717) is 18.6 Å². The van der Waals surface area contributed by atoms with Gasteiger partial charge in [0.05, 0.1) is 39.6 Å². The summed E-state index contributed by atoms with van der Waals surface area (Å²) >= 11 is 4.14. The molecule has 0 saturated heterocycles. The minimum Gasteiger partial charge on any atom is -0.480 e. The lowest BCUT2D eigenvalue weighted by atomic mass is 10.0. The van der Waals surface area contributed by atoms with Crippen molar-refractivity contribution in [1.82, 2.24) is 26.6 Å². The topological polar surface area (TPSA) is 212 Å². The molecule has 0 radical (unpaired) electrons. The van der Waals surface area contributed by atoms with Gasteiger partial charge in [0.1, 0.15) is 30.9 Å². The van der Waals surface area contributed by atoms with Crippen LogP contribution in [0.1, 0.15) is 67.7 Å². The third-order valence-corrected chi connectivity index (χ3v) is 7.27. The Bertz CT molecular complexity index is 980. The largest absolute Gasteiger partial charge is 0.480 e. The number of thiol groups is 1. The second kappa shape index (κ2) is 26.2. The molecule has 0 aromatic rings. The average molecular weight is 724 g/mol. The molecule has 0 aliphatic heterocycles. The van der Waals surface area contributed by atoms with Gasteiger partial charge >= 0.3 is 12.1 Å². The standard InChI is InChI=1S/C32H61N5O11S/c1-23(2)27(37-30(43)48-32(6,7)22-49)28(40)34-13-15-45-16-18-46-20-25(38)33-12-14-44-17-19-47-21-26(39)36-24(29(41)42)10-8-9-11-35-31(3,4)5/h23-24,27,35,49H,8-22H2,1-7H3,(H,33,38)(H,34,40)(H,36,39)(H,37,43)(H,41,42). The minimum absolute atomic E-state index is 0.00248. The van der Waals surface area contributed by atoms with E-state index in [9.17, 15) is 29.1 Å². The van der Waals surface area contributed by atoms with E-state index in [-0.39, 0.29) is 89.2 Å². The third kappa shape index (κ3) is 26.8. The molecule has 0 bridgehead atoms. The number of carboxylic acid groups (broad SMARTS) is 1. The maximum Gasteiger partial charge on any atom is 0.408 e. The van der Waals surface area contributed by atoms with Crippen LogP contribution in [0.2, 0.25) is 0 Å². The first kappa shape index (κ1) is 46.3. The van der Waals surface area contributed by atoms with Crippen molar-refractivity contribution in [2.45, 2.75) is 91.0 Å². The SMILES string of the molecule is CC(C)C(NC(=O)OC(C)(C)CS)C(=O)NCCOCCOCC(=O)NCCOCCOCC(=O)NC(CCCCNC(C)(C)C)C(=O)O. The van der Waals surface area contributed by atoms with Crippen molar-refractivity contribution in [3.8, 4) is 0 Å². The molecule has 0 rings (SSSR count). The van der Waals surface area contributed by atoms with Crippen LogP contribution in [0, 0.1) is 5.92 Å². The number of aliphatic carboxylic acids is 1. The maximum absolute atomic E-state index is 12.5. The molecular formula is C32H61N5O11S. The molecule has 286 valence electrons.